The smallest absolute Gasteiger partial charge is 0.245 e. The predicted octanol–water partition coefficient (Wildman–Crippen LogP) is 2.32. The highest BCUT2D eigenvalue weighted by Crippen LogP contribution is 2.37. The summed E-state index contributed by atoms with van der Waals surface area (Å²) < 4.78 is 63.1. The number of hydrogen-bond donors (Lipinski definition) is 2. The van der Waals surface area contributed by atoms with Crippen LogP contribution < -0.4 is 14.8 Å². The molecule has 0 spiro atoms. The molecule has 2 atom stereocenters. The number of sulfone groups is 1. The predicted molar refractivity (Wildman–Crippen MR) is 143 cm³/mol. The SMILES string of the molecule is CC(C)CN(C(O)(CCNC(=O)CC(C)S(C)(=O)=O)Cc1ccccc1)S(=O)(=O)c1ccc2c(c1)OCO2. The minimum atomic E-state index is -4.23. The van der Waals surface area contributed by atoms with Gasteiger partial charge in [0.05, 0.1) is 10.1 Å². The van der Waals surface area contributed by atoms with Gasteiger partial charge in [-0.2, -0.15) is 4.31 Å². The second kappa shape index (κ2) is 12.0. The molecule has 0 bridgehead atoms. The van der Waals surface area contributed by atoms with Gasteiger partial charge in [-0.25, -0.2) is 16.8 Å². The zero-order valence-corrected chi connectivity index (χ0v) is 23.7. The Balaban J connectivity index is 1.92. The summed E-state index contributed by atoms with van der Waals surface area (Å²) in [6.45, 7) is 5.08. The molecule has 10 nitrogen and oxygen atoms in total. The Bertz CT molecular complexity index is 1330. The van der Waals surface area contributed by atoms with Crippen molar-refractivity contribution in [2.45, 2.75) is 55.9 Å². The number of ether oxygens (including phenoxy) is 2. The number of fused-ring (bicyclic) bond motifs is 1. The number of benzene rings is 2. The Morgan fingerprint density at radius 2 is 1.71 bits per heavy atom. The van der Waals surface area contributed by atoms with E-state index in [4.69, 9.17) is 9.47 Å². The third-order valence-electron chi connectivity index (χ3n) is 6.31. The van der Waals surface area contributed by atoms with Crippen molar-refractivity contribution in [2.24, 2.45) is 5.92 Å². The van der Waals surface area contributed by atoms with Crippen LogP contribution in [0.15, 0.2) is 53.4 Å². The van der Waals surface area contributed by atoms with Crippen molar-refractivity contribution in [1.29, 1.82) is 0 Å². The molecular formula is C26H36N2O8S2. The van der Waals surface area contributed by atoms with Crippen LogP contribution in [0.4, 0.5) is 0 Å². The van der Waals surface area contributed by atoms with Gasteiger partial charge >= 0.3 is 0 Å². The van der Waals surface area contributed by atoms with Crippen LogP contribution in [0, 0.1) is 5.92 Å². The first-order valence-corrected chi connectivity index (χ1v) is 15.8. The van der Waals surface area contributed by atoms with Gasteiger partial charge in [-0.1, -0.05) is 44.2 Å². The fraction of sp³-hybridized carbons (Fsp3) is 0.500. The summed E-state index contributed by atoms with van der Waals surface area (Å²) in [5, 5.41) is 13.8. The molecule has 0 saturated heterocycles. The molecule has 210 valence electrons. The van der Waals surface area contributed by atoms with Crippen molar-refractivity contribution in [2.75, 3.05) is 26.1 Å². The fourth-order valence-electron chi connectivity index (χ4n) is 4.10. The molecular weight excluding hydrogens is 532 g/mol. The number of nitrogens with one attached hydrogen (secondary N) is 1. The highest BCUT2D eigenvalue weighted by Gasteiger charge is 2.43. The largest absolute Gasteiger partial charge is 0.454 e. The van der Waals surface area contributed by atoms with E-state index in [0.717, 1.165) is 10.6 Å². The molecule has 38 heavy (non-hydrogen) atoms. The van der Waals surface area contributed by atoms with E-state index < -0.39 is 36.7 Å². The van der Waals surface area contributed by atoms with E-state index in [1.807, 2.05) is 19.9 Å². The van der Waals surface area contributed by atoms with E-state index in [9.17, 15) is 26.7 Å². The minimum absolute atomic E-state index is 0.00979. The molecule has 2 N–H and O–H groups in total. The summed E-state index contributed by atoms with van der Waals surface area (Å²) in [4.78, 5) is 12.3. The molecule has 1 aliphatic heterocycles. The summed E-state index contributed by atoms with van der Waals surface area (Å²) in [5.74, 6) is 0.102. The molecule has 0 saturated carbocycles. The lowest BCUT2D eigenvalue weighted by Crippen LogP contribution is -2.55. The molecule has 2 aromatic rings. The average molecular weight is 569 g/mol. The standard InChI is InChI=1S/C26H36N2O8S2/c1-19(2)17-28(38(33,34)22-10-11-23-24(15-22)36-18-35-23)26(30,16-21-8-6-5-7-9-21)12-13-27-25(29)14-20(3)37(4,31)32/h5-11,15,19-20,30H,12-14,16-18H2,1-4H3,(H,27,29). The van der Waals surface area contributed by atoms with Crippen molar-refractivity contribution in [1.82, 2.24) is 9.62 Å². The van der Waals surface area contributed by atoms with Crippen molar-refractivity contribution >= 4 is 25.8 Å². The van der Waals surface area contributed by atoms with E-state index in [1.54, 1.807) is 24.3 Å². The second-order valence-corrected chi connectivity index (χ2v) is 14.4. The van der Waals surface area contributed by atoms with Crippen LogP contribution in [-0.2, 0) is 31.1 Å². The van der Waals surface area contributed by atoms with Gasteiger partial charge in [0.25, 0.3) is 0 Å². The van der Waals surface area contributed by atoms with Crippen LogP contribution in [-0.4, -0.2) is 69.3 Å². The molecule has 3 rings (SSSR count). The maximum absolute atomic E-state index is 14.0. The summed E-state index contributed by atoms with van der Waals surface area (Å²) in [7, 11) is -7.62. The number of carbonyl (C=O) groups excluding carboxylic acids is 1. The Morgan fingerprint density at radius 3 is 2.34 bits per heavy atom. The zero-order valence-electron chi connectivity index (χ0n) is 22.1. The molecule has 1 aliphatic rings. The van der Waals surface area contributed by atoms with Gasteiger partial charge in [-0.05, 0) is 30.5 Å². The number of sulfonamides is 1. The van der Waals surface area contributed by atoms with Gasteiger partial charge < -0.3 is 19.9 Å². The Morgan fingerprint density at radius 1 is 1.05 bits per heavy atom. The number of carbonyl (C=O) groups is 1. The van der Waals surface area contributed by atoms with Crippen LogP contribution in [0.3, 0.4) is 0 Å². The lowest BCUT2D eigenvalue weighted by Gasteiger charge is -2.40. The van der Waals surface area contributed by atoms with Crippen LogP contribution in [0.1, 0.15) is 39.2 Å². The number of nitrogens with zero attached hydrogens (tertiary/aromatic N) is 1. The van der Waals surface area contributed by atoms with E-state index in [2.05, 4.69) is 5.32 Å². The van der Waals surface area contributed by atoms with Crippen molar-refractivity contribution < 1.29 is 36.2 Å². The molecule has 1 amide bonds. The first kappa shape index (κ1) is 29.9. The Labute approximate surface area is 224 Å². The van der Waals surface area contributed by atoms with E-state index in [-0.39, 0.29) is 50.0 Å². The molecule has 0 radical (unpaired) electrons. The van der Waals surface area contributed by atoms with E-state index in [0.29, 0.717) is 17.1 Å². The zero-order chi connectivity index (χ0) is 28.1. The summed E-state index contributed by atoms with van der Waals surface area (Å²) in [6.07, 6.45) is 0.673. The van der Waals surface area contributed by atoms with Gasteiger partial charge in [0.1, 0.15) is 5.72 Å². The Kier molecular flexibility index (Phi) is 9.45. The molecule has 2 unspecified atom stereocenters. The van der Waals surface area contributed by atoms with Crippen LogP contribution in [0.5, 0.6) is 11.5 Å². The van der Waals surface area contributed by atoms with Gasteiger partial charge in [-0.15, -0.1) is 0 Å². The topological polar surface area (TPSA) is 139 Å². The molecule has 2 aromatic carbocycles. The summed E-state index contributed by atoms with van der Waals surface area (Å²) in [5.41, 5.74) is -1.20. The van der Waals surface area contributed by atoms with Gasteiger partial charge in [0.15, 0.2) is 21.3 Å². The minimum Gasteiger partial charge on any atom is -0.454 e. The lowest BCUT2D eigenvalue weighted by molar-refractivity contribution is -0.121. The van der Waals surface area contributed by atoms with Gasteiger partial charge in [0.2, 0.25) is 22.7 Å². The lowest BCUT2D eigenvalue weighted by atomic mass is 9.98. The molecule has 0 aromatic heterocycles. The summed E-state index contributed by atoms with van der Waals surface area (Å²) in [6, 6.07) is 13.3. The van der Waals surface area contributed by atoms with E-state index in [1.165, 1.54) is 25.1 Å². The third-order valence-corrected chi connectivity index (χ3v) is 9.86. The fourth-order valence-corrected chi connectivity index (χ4v) is 6.40. The van der Waals surface area contributed by atoms with Crippen molar-refractivity contribution in [3.63, 3.8) is 0 Å². The maximum atomic E-state index is 14.0. The molecule has 0 fully saturated rings. The monoisotopic (exact) mass is 568 g/mol. The van der Waals surface area contributed by atoms with Gasteiger partial charge in [-0.3, -0.25) is 4.79 Å². The van der Waals surface area contributed by atoms with Crippen LogP contribution in [0.25, 0.3) is 0 Å². The summed E-state index contributed by atoms with van der Waals surface area (Å²) >= 11 is 0. The van der Waals surface area contributed by atoms with Crippen LogP contribution >= 0.6 is 0 Å². The van der Waals surface area contributed by atoms with Crippen LogP contribution in [0.2, 0.25) is 0 Å². The van der Waals surface area contributed by atoms with E-state index >= 15 is 0 Å². The highest BCUT2D eigenvalue weighted by atomic mass is 32.2. The first-order valence-electron chi connectivity index (χ1n) is 12.4. The molecule has 12 heteroatoms. The second-order valence-electron chi connectivity index (χ2n) is 10.0. The number of hydrogen-bond acceptors (Lipinski definition) is 8. The molecule has 1 heterocycles. The molecule has 0 aliphatic carbocycles. The number of aliphatic hydroxyl groups is 1. The van der Waals surface area contributed by atoms with Gasteiger partial charge in [0, 0.05) is 44.7 Å². The number of amides is 1. The first-order chi connectivity index (χ1) is 17.7. The Hall–Kier alpha value is -2.67. The quantitative estimate of drug-likeness (QED) is 0.351. The van der Waals surface area contributed by atoms with Crippen molar-refractivity contribution in [3.8, 4) is 11.5 Å². The average Bonchev–Trinajstić information content (AvgIpc) is 3.30. The third kappa shape index (κ3) is 7.46. The normalized spacial score (nSPS) is 15.9. The number of rotatable bonds is 13. The maximum Gasteiger partial charge on any atom is 0.245 e. The van der Waals surface area contributed by atoms with Crippen molar-refractivity contribution in [3.05, 3.63) is 54.1 Å². The highest BCUT2D eigenvalue weighted by molar-refractivity contribution is 7.91.